The number of hydrogen-bond donors (Lipinski definition) is 1. The lowest BCUT2D eigenvalue weighted by Gasteiger charge is -1.78. The van der Waals surface area contributed by atoms with E-state index in [9.17, 15) is 4.79 Å². The van der Waals surface area contributed by atoms with Crippen molar-refractivity contribution in [3.63, 3.8) is 0 Å². The Labute approximate surface area is 63.0 Å². The van der Waals surface area contributed by atoms with E-state index in [2.05, 4.69) is 10.3 Å². The number of aliphatic carboxylic acids is 1. The Kier molecular flexibility index (Phi) is 2.00. The van der Waals surface area contributed by atoms with Crippen LogP contribution in [0.1, 0.15) is 5.69 Å². The molecule has 0 aromatic carbocycles. The predicted octanol–water partition coefficient (Wildman–Crippen LogP) is -0.0871. The van der Waals surface area contributed by atoms with Gasteiger partial charge in [0.15, 0.2) is 0 Å². The minimum Gasteiger partial charge on any atom is -0.478 e. The Morgan fingerprint density at radius 1 is 1.82 bits per heavy atom. The van der Waals surface area contributed by atoms with Crippen LogP contribution in [0.4, 0.5) is 0 Å². The first kappa shape index (κ1) is 7.46. The molecule has 0 saturated heterocycles. The Hall–Kier alpha value is -1.65. The van der Waals surface area contributed by atoms with Gasteiger partial charge in [0.1, 0.15) is 5.69 Å². The molecule has 0 aliphatic rings. The fourth-order valence-corrected chi connectivity index (χ4v) is 0.598. The highest BCUT2D eigenvalue weighted by atomic mass is 16.4. The third kappa shape index (κ3) is 2.21. The molecule has 0 aliphatic heterocycles. The van der Waals surface area contributed by atoms with Crippen molar-refractivity contribution >= 4 is 12.0 Å². The summed E-state index contributed by atoms with van der Waals surface area (Å²) in [7, 11) is 1.71. The number of hydrogen-bond acceptors (Lipinski definition) is 3. The summed E-state index contributed by atoms with van der Waals surface area (Å²) in [6, 6.07) is 0. The maximum Gasteiger partial charge on any atom is 0.328 e. The molecule has 1 rings (SSSR count). The van der Waals surface area contributed by atoms with Gasteiger partial charge in [-0.2, -0.15) is 0 Å². The van der Waals surface area contributed by atoms with Crippen molar-refractivity contribution < 1.29 is 9.90 Å². The first-order valence-electron chi connectivity index (χ1n) is 2.96. The second-order valence-corrected chi connectivity index (χ2v) is 1.99. The van der Waals surface area contributed by atoms with Gasteiger partial charge in [0.05, 0.1) is 6.20 Å². The molecule has 0 radical (unpaired) electrons. The maximum atomic E-state index is 10.0. The second-order valence-electron chi connectivity index (χ2n) is 1.99. The van der Waals surface area contributed by atoms with E-state index in [1.54, 1.807) is 13.2 Å². The molecular weight excluding hydrogens is 146 g/mol. The molecule has 58 valence electrons. The Morgan fingerprint density at radius 3 is 3.00 bits per heavy atom. The molecule has 11 heavy (non-hydrogen) atoms. The highest BCUT2D eigenvalue weighted by molar-refractivity contribution is 5.84. The lowest BCUT2D eigenvalue weighted by molar-refractivity contribution is -0.131. The Balaban J connectivity index is 2.71. The van der Waals surface area contributed by atoms with Crippen LogP contribution in [-0.4, -0.2) is 26.1 Å². The van der Waals surface area contributed by atoms with Gasteiger partial charge in [0.25, 0.3) is 0 Å². The van der Waals surface area contributed by atoms with Crippen molar-refractivity contribution in [3.8, 4) is 0 Å². The maximum absolute atomic E-state index is 10.0. The number of aryl methyl sites for hydroxylation is 1. The van der Waals surface area contributed by atoms with E-state index in [0.717, 1.165) is 6.08 Å². The van der Waals surface area contributed by atoms with Crippen molar-refractivity contribution in [1.29, 1.82) is 0 Å². The van der Waals surface area contributed by atoms with Crippen molar-refractivity contribution in [2.24, 2.45) is 7.05 Å². The first-order chi connectivity index (χ1) is 5.18. The van der Waals surface area contributed by atoms with Gasteiger partial charge in [0.2, 0.25) is 0 Å². The van der Waals surface area contributed by atoms with Gasteiger partial charge in [-0.15, -0.1) is 5.10 Å². The minimum absolute atomic E-state index is 0.537. The molecule has 5 heteroatoms. The quantitative estimate of drug-likeness (QED) is 0.603. The standard InChI is InChI=1S/C6H7N3O2/c1-9-4-5(7-8-9)2-3-6(10)11/h2-4H,1H3,(H,10,11)/b3-2-. The molecule has 0 aliphatic carbocycles. The second kappa shape index (κ2) is 2.96. The van der Waals surface area contributed by atoms with E-state index < -0.39 is 5.97 Å². The van der Waals surface area contributed by atoms with E-state index in [1.165, 1.54) is 10.8 Å². The van der Waals surface area contributed by atoms with Crippen LogP contribution in [0.5, 0.6) is 0 Å². The van der Waals surface area contributed by atoms with Gasteiger partial charge in [-0.1, -0.05) is 5.21 Å². The molecule has 1 N–H and O–H groups in total. The van der Waals surface area contributed by atoms with E-state index >= 15 is 0 Å². The Bertz CT molecular complexity index is 290. The number of carboxylic acid groups (broad SMARTS) is 1. The SMILES string of the molecule is Cn1cc(/C=C\C(=O)O)nn1. The van der Waals surface area contributed by atoms with Crippen LogP contribution >= 0.6 is 0 Å². The summed E-state index contributed by atoms with van der Waals surface area (Å²) in [5, 5.41) is 15.5. The molecule has 0 unspecified atom stereocenters. The number of carboxylic acids is 1. The summed E-state index contributed by atoms with van der Waals surface area (Å²) < 4.78 is 1.50. The first-order valence-corrected chi connectivity index (χ1v) is 2.96. The molecule has 0 atom stereocenters. The van der Waals surface area contributed by atoms with Crippen LogP contribution in [0, 0.1) is 0 Å². The predicted molar refractivity (Wildman–Crippen MR) is 37.7 cm³/mol. The Morgan fingerprint density at radius 2 is 2.55 bits per heavy atom. The summed E-state index contributed by atoms with van der Waals surface area (Å²) in [6.45, 7) is 0. The molecule has 0 saturated carbocycles. The van der Waals surface area contributed by atoms with E-state index in [-0.39, 0.29) is 0 Å². The number of carbonyl (C=O) groups is 1. The zero-order chi connectivity index (χ0) is 8.27. The van der Waals surface area contributed by atoms with Crippen molar-refractivity contribution in [2.75, 3.05) is 0 Å². The van der Waals surface area contributed by atoms with Gasteiger partial charge < -0.3 is 5.11 Å². The van der Waals surface area contributed by atoms with Crippen LogP contribution in [0.25, 0.3) is 6.08 Å². The van der Waals surface area contributed by atoms with Crippen molar-refractivity contribution in [2.45, 2.75) is 0 Å². The van der Waals surface area contributed by atoms with Crippen LogP contribution in [0.15, 0.2) is 12.3 Å². The van der Waals surface area contributed by atoms with Crippen LogP contribution in [0.3, 0.4) is 0 Å². The summed E-state index contributed by atoms with van der Waals surface area (Å²) >= 11 is 0. The minimum atomic E-state index is -0.990. The number of nitrogens with zero attached hydrogens (tertiary/aromatic N) is 3. The largest absolute Gasteiger partial charge is 0.478 e. The summed E-state index contributed by atoms with van der Waals surface area (Å²) in [5.74, 6) is -0.990. The molecule has 1 aromatic heterocycles. The average Bonchev–Trinajstić information content (AvgIpc) is 2.31. The van der Waals surface area contributed by atoms with Crippen molar-refractivity contribution in [3.05, 3.63) is 18.0 Å². The van der Waals surface area contributed by atoms with Crippen LogP contribution < -0.4 is 0 Å². The smallest absolute Gasteiger partial charge is 0.328 e. The van der Waals surface area contributed by atoms with E-state index in [1.807, 2.05) is 0 Å². The van der Waals surface area contributed by atoms with Gasteiger partial charge in [-0.05, 0) is 6.08 Å². The monoisotopic (exact) mass is 153 g/mol. The summed E-state index contributed by atoms with van der Waals surface area (Å²) in [5.41, 5.74) is 0.537. The van der Waals surface area contributed by atoms with Crippen LogP contribution in [0.2, 0.25) is 0 Å². The summed E-state index contributed by atoms with van der Waals surface area (Å²) in [4.78, 5) is 10.0. The molecule has 0 bridgehead atoms. The topological polar surface area (TPSA) is 68.0 Å². The highest BCUT2D eigenvalue weighted by Gasteiger charge is 1.92. The van der Waals surface area contributed by atoms with Crippen molar-refractivity contribution in [1.82, 2.24) is 15.0 Å². The zero-order valence-electron chi connectivity index (χ0n) is 5.93. The van der Waals surface area contributed by atoms with Crippen LogP contribution in [-0.2, 0) is 11.8 Å². The number of aromatic nitrogens is 3. The molecule has 1 heterocycles. The van der Waals surface area contributed by atoms with Gasteiger partial charge >= 0.3 is 5.97 Å². The summed E-state index contributed by atoms with van der Waals surface area (Å²) in [6.07, 6.45) is 4.03. The molecule has 0 amide bonds. The number of rotatable bonds is 2. The van der Waals surface area contributed by atoms with Gasteiger partial charge in [-0.3, -0.25) is 4.68 Å². The van der Waals surface area contributed by atoms with Gasteiger partial charge in [0, 0.05) is 13.1 Å². The van der Waals surface area contributed by atoms with E-state index in [0.29, 0.717) is 5.69 Å². The molecule has 1 aromatic rings. The highest BCUT2D eigenvalue weighted by Crippen LogP contribution is 1.93. The zero-order valence-corrected chi connectivity index (χ0v) is 5.93. The third-order valence-electron chi connectivity index (χ3n) is 1.02. The lowest BCUT2D eigenvalue weighted by Crippen LogP contribution is -1.85. The molecule has 0 fully saturated rings. The normalized spacial score (nSPS) is 10.6. The van der Waals surface area contributed by atoms with E-state index in [4.69, 9.17) is 5.11 Å². The lowest BCUT2D eigenvalue weighted by atomic mass is 10.4. The fourth-order valence-electron chi connectivity index (χ4n) is 0.598. The fraction of sp³-hybridized carbons (Fsp3) is 0.167. The van der Waals surface area contributed by atoms with Gasteiger partial charge in [-0.25, -0.2) is 4.79 Å². The third-order valence-corrected chi connectivity index (χ3v) is 1.02. The molecular formula is C6H7N3O2. The molecule has 5 nitrogen and oxygen atoms in total. The molecule has 0 spiro atoms. The average molecular weight is 153 g/mol.